The van der Waals surface area contributed by atoms with E-state index in [-0.39, 0.29) is 11.8 Å². The van der Waals surface area contributed by atoms with Crippen LogP contribution in [-0.4, -0.2) is 32.8 Å². The molecule has 2 aromatic heterocycles. The zero-order valence-electron chi connectivity index (χ0n) is 17.2. The summed E-state index contributed by atoms with van der Waals surface area (Å²) >= 11 is 6.20. The number of aromatic nitrogens is 4. The molecule has 0 aliphatic carbocycles. The first-order valence-electron chi connectivity index (χ1n) is 10.0. The number of benzene rings is 1. The van der Waals surface area contributed by atoms with Crippen LogP contribution in [0.4, 0.5) is 27.7 Å². The molecule has 1 saturated heterocycles. The molecule has 3 heterocycles. The third-order valence-electron chi connectivity index (χ3n) is 5.36. The van der Waals surface area contributed by atoms with Crippen molar-refractivity contribution in [2.45, 2.75) is 45.6 Å². The van der Waals surface area contributed by atoms with Crippen LogP contribution in [0.25, 0.3) is 0 Å². The molecule has 4 N–H and O–H groups in total. The van der Waals surface area contributed by atoms with Gasteiger partial charge in [-0.1, -0.05) is 11.6 Å². The first kappa shape index (κ1) is 20.6. The topological polar surface area (TPSA) is 90.6 Å². The number of hydrogen-bond acceptors (Lipinski definition) is 6. The predicted octanol–water partition coefficient (Wildman–Crippen LogP) is 4.95. The summed E-state index contributed by atoms with van der Waals surface area (Å²) in [4.78, 5) is 8.55. The van der Waals surface area contributed by atoms with Gasteiger partial charge in [0.2, 0.25) is 5.95 Å². The fraction of sp³-hybridized carbons (Fsp3) is 0.381. The van der Waals surface area contributed by atoms with E-state index in [4.69, 9.17) is 11.6 Å². The summed E-state index contributed by atoms with van der Waals surface area (Å²) < 4.78 is 14.9. The molecule has 1 fully saturated rings. The summed E-state index contributed by atoms with van der Waals surface area (Å²) in [6.07, 6.45) is 3.49. The van der Waals surface area contributed by atoms with Crippen molar-refractivity contribution in [3.05, 3.63) is 52.1 Å². The highest BCUT2D eigenvalue weighted by Gasteiger charge is 2.22. The zero-order chi connectivity index (χ0) is 21.3. The van der Waals surface area contributed by atoms with E-state index in [0.717, 1.165) is 36.2 Å². The Bertz CT molecular complexity index is 1050. The average molecular weight is 430 g/mol. The first-order chi connectivity index (χ1) is 14.4. The van der Waals surface area contributed by atoms with Gasteiger partial charge in [-0.3, -0.25) is 5.10 Å². The predicted molar refractivity (Wildman–Crippen MR) is 118 cm³/mol. The van der Waals surface area contributed by atoms with Crippen molar-refractivity contribution in [3.63, 3.8) is 0 Å². The normalized spacial score (nSPS) is 19.0. The van der Waals surface area contributed by atoms with Crippen molar-refractivity contribution in [2.75, 3.05) is 17.2 Å². The lowest BCUT2D eigenvalue weighted by molar-refractivity contribution is 0.379. The number of aryl methyl sites for hydroxylation is 2. The van der Waals surface area contributed by atoms with Gasteiger partial charge in [0.1, 0.15) is 10.8 Å². The minimum Gasteiger partial charge on any atom is -0.322 e. The smallest absolute Gasteiger partial charge is 0.229 e. The van der Waals surface area contributed by atoms with Crippen molar-refractivity contribution in [1.29, 1.82) is 0 Å². The number of H-pyrrole nitrogens is 1. The molecule has 4 rings (SSSR count). The van der Waals surface area contributed by atoms with E-state index in [2.05, 4.69) is 43.0 Å². The molecule has 7 nitrogen and oxygen atoms in total. The average Bonchev–Trinajstić information content (AvgIpc) is 3.11. The third kappa shape index (κ3) is 4.55. The summed E-state index contributed by atoms with van der Waals surface area (Å²) in [7, 11) is 0. The van der Waals surface area contributed by atoms with Gasteiger partial charge >= 0.3 is 0 Å². The van der Waals surface area contributed by atoms with Crippen LogP contribution in [0.2, 0.25) is 5.02 Å². The van der Waals surface area contributed by atoms with Crippen LogP contribution in [0.3, 0.4) is 0 Å². The Kier molecular flexibility index (Phi) is 5.87. The van der Waals surface area contributed by atoms with Gasteiger partial charge in [-0.25, -0.2) is 9.37 Å². The van der Waals surface area contributed by atoms with Gasteiger partial charge < -0.3 is 16.0 Å². The molecule has 0 radical (unpaired) electrons. The Balaban J connectivity index is 1.55. The van der Waals surface area contributed by atoms with E-state index >= 15 is 0 Å². The molecular formula is C21H25ClFN7. The van der Waals surface area contributed by atoms with E-state index in [9.17, 15) is 4.39 Å². The minimum absolute atomic E-state index is 0.246. The minimum atomic E-state index is -0.322. The lowest BCUT2D eigenvalue weighted by atomic mass is 9.84. The zero-order valence-corrected chi connectivity index (χ0v) is 17.9. The molecular weight excluding hydrogens is 405 g/mol. The van der Waals surface area contributed by atoms with Gasteiger partial charge in [-0.05, 0) is 69.3 Å². The molecule has 3 aromatic rings. The number of anilines is 4. The Labute approximate surface area is 179 Å². The van der Waals surface area contributed by atoms with Crippen molar-refractivity contribution in [3.8, 4) is 0 Å². The van der Waals surface area contributed by atoms with Crippen LogP contribution in [0.5, 0.6) is 0 Å². The number of nitrogens with one attached hydrogen (secondary N) is 4. The maximum Gasteiger partial charge on any atom is 0.229 e. The van der Waals surface area contributed by atoms with Gasteiger partial charge in [0.05, 0.1) is 11.9 Å². The van der Waals surface area contributed by atoms with Gasteiger partial charge in [0, 0.05) is 17.8 Å². The number of nitrogens with zero attached hydrogens (tertiary/aromatic N) is 3. The molecule has 1 aliphatic heterocycles. The lowest BCUT2D eigenvalue weighted by Gasteiger charge is -2.29. The Morgan fingerprint density at radius 2 is 2.03 bits per heavy atom. The number of aromatic amines is 1. The van der Waals surface area contributed by atoms with Crippen molar-refractivity contribution in [2.24, 2.45) is 0 Å². The molecule has 158 valence electrons. The van der Waals surface area contributed by atoms with Gasteiger partial charge in [-0.15, -0.1) is 0 Å². The first-order valence-corrected chi connectivity index (χ1v) is 10.4. The largest absolute Gasteiger partial charge is 0.322 e. The van der Waals surface area contributed by atoms with Crippen LogP contribution in [0, 0.1) is 19.7 Å². The molecule has 0 bridgehead atoms. The molecule has 30 heavy (non-hydrogen) atoms. The fourth-order valence-corrected chi connectivity index (χ4v) is 4.02. The molecule has 0 unspecified atom stereocenters. The van der Waals surface area contributed by atoms with E-state index in [1.165, 1.54) is 6.20 Å². The second-order valence-electron chi connectivity index (χ2n) is 7.84. The molecule has 1 aromatic carbocycles. The Morgan fingerprint density at radius 1 is 1.20 bits per heavy atom. The molecule has 2 atom stereocenters. The number of rotatable bonds is 5. The lowest BCUT2D eigenvalue weighted by Crippen LogP contribution is -2.35. The van der Waals surface area contributed by atoms with Crippen LogP contribution in [0.15, 0.2) is 24.4 Å². The molecule has 9 heteroatoms. The highest BCUT2D eigenvalue weighted by molar-refractivity contribution is 6.32. The van der Waals surface area contributed by atoms with Crippen molar-refractivity contribution >= 4 is 34.9 Å². The van der Waals surface area contributed by atoms with E-state index in [1.54, 1.807) is 6.07 Å². The van der Waals surface area contributed by atoms with Crippen LogP contribution in [-0.2, 0) is 0 Å². The summed E-state index contributed by atoms with van der Waals surface area (Å²) in [6, 6.07) is 5.73. The standard InChI is InChI=1S/C21H25ClFN7/c1-11-6-18(17(23)9-15(11)14-4-5-24-12(2)7-14)26-21-25-10-16(22)20(28-21)27-19-8-13(3)29-30-19/h6,8-10,12,14,24H,4-5,7H2,1-3H3,(H3,25,26,27,28,29,30)/t12-,14+/m1/s1. The summed E-state index contributed by atoms with van der Waals surface area (Å²) in [5.41, 5.74) is 3.36. The number of hydrogen-bond donors (Lipinski definition) is 4. The summed E-state index contributed by atoms with van der Waals surface area (Å²) in [5, 5.41) is 16.7. The van der Waals surface area contributed by atoms with Gasteiger partial charge in [0.25, 0.3) is 0 Å². The van der Waals surface area contributed by atoms with E-state index < -0.39 is 0 Å². The maximum absolute atomic E-state index is 14.9. The fourth-order valence-electron chi connectivity index (χ4n) is 3.89. The van der Waals surface area contributed by atoms with Crippen molar-refractivity contribution < 1.29 is 4.39 Å². The highest BCUT2D eigenvalue weighted by Crippen LogP contribution is 2.33. The SMILES string of the molecule is Cc1cc(Nc2nc(Nc3cc(C)c([C@H]4CCN[C@H](C)C4)cc3F)ncc2Cl)n[nH]1. The summed E-state index contributed by atoms with van der Waals surface area (Å²) in [6.45, 7) is 7.03. The highest BCUT2D eigenvalue weighted by atomic mass is 35.5. The quantitative estimate of drug-likeness (QED) is 0.458. The van der Waals surface area contributed by atoms with Crippen LogP contribution >= 0.6 is 11.6 Å². The number of piperidine rings is 1. The van der Waals surface area contributed by atoms with Crippen LogP contribution < -0.4 is 16.0 Å². The third-order valence-corrected chi connectivity index (χ3v) is 5.64. The molecule has 0 saturated carbocycles. The monoisotopic (exact) mass is 429 g/mol. The van der Waals surface area contributed by atoms with Gasteiger partial charge in [0.15, 0.2) is 11.6 Å². The van der Waals surface area contributed by atoms with Crippen molar-refractivity contribution in [1.82, 2.24) is 25.5 Å². The van der Waals surface area contributed by atoms with E-state index in [1.807, 2.05) is 26.0 Å². The Hall–Kier alpha value is -2.71. The summed E-state index contributed by atoms with van der Waals surface area (Å²) in [5.74, 6) is 1.26. The van der Waals surface area contributed by atoms with Crippen LogP contribution in [0.1, 0.15) is 42.5 Å². The molecule has 0 spiro atoms. The molecule has 1 aliphatic rings. The maximum atomic E-state index is 14.9. The second kappa shape index (κ2) is 8.57. The molecule has 0 amide bonds. The second-order valence-corrected chi connectivity index (χ2v) is 8.25. The van der Waals surface area contributed by atoms with Gasteiger partial charge in [-0.2, -0.15) is 10.1 Å². The van der Waals surface area contributed by atoms with E-state index in [0.29, 0.717) is 34.3 Å². The Morgan fingerprint density at radius 3 is 2.77 bits per heavy atom. The number of halogens is 2.